The fourth-order valence-electron chi connectivity index (χ4n) is 2.40. The summed E-state index contributed by atoms with van der Waals surface area (Å²) in [6.07, 6.45) is 0. The van der Waals surface area contributed by atoms with Crippen LogP contribution < -0.4 is 10.9 Å². The molecule has 140 valence electrons. The largest absolute Gasteiger partial charge is 0.323 e. The van der Waals surface area contributed by atoms with Gasteiger partial charge in [0.05, 0.1) is 31.9 Å². The van der Waals surface area contributed by atoms with Gasteiger partial charge in [0.15, 0.2) is 5.16 Å². The van der Waals surface area contributed by atoms with Gasteiger partial charge in [-0.05, 0) is 31.2 Å². The second-order valence-corrected chi connectivity index (χ2v) is 8.33. The van der Waals surface area contributed by atoms with Crippen LogP contribution in [0.4, 0.5) is 5.69 Å². The smallest absolute Gasteiger partial charge is 0.261 e. The van der Waals surface area contributed by atoms with Gasteiger partial charge in [-0.1, -0.05) is 58.7 Å². The van der Waals surface area contributed by atoms with Gasteiger partial charge in [0.2, 0.25) is 5.91 Å². The van der Waals surface area contributed by atoms with E-state index in [0.29, 0.717) is 26.8 Å². The second kappa shape index (κ2) is 8.10. The molecule has 0 aliphatic carbocycles. The molecule has 9 heteroatoms. The Morgan fingerprint density at radius 2 is 1.81 bits per heavy atom. The maximum atomic E-state index is 12.6. The van der Waals surface area contributed by atoms with Gasteiger partial charge >= 0.3 is 0 Å². The molecule has 5 nitrogen and oxygen atoms in total. The number of halogens is 3. The number of para-hydroxylation sites is 1. The van der Waals surface area contributed by atoms with E-state index in [1.807, 2.05) is 6.07 Å². The van der Waals surface area contributed by atoms with Crippen molar-refractivity contribution in [1.82, 2.24) is 9.55 Å². The normalized spacial score (nSPS) is 12.2. The van der Waals surface area contributed by atoms with Crippen molar-refractivity contribution in [2.24, 2.45) is 7.05 Å². The summed E-state index contributed by atoms with van der Waals surface area (Å²) in [6.45, 7) is 1.71. The van der Waals surface area contributed by atoms with Gasteiger partial charge in [-0.2, -0.15) is 0 Å². The molecule has 0 saturated heterocycles. The summed E-state index contributed by atoms with van der Waals surface area (Å²) in [4.78, 5) is 29.5. The van der Waals surface area contributed by atoms with E-state index in [4.69, 9.17) is 34.8 Å². The number of rotatable bonds is 4. The monoisotopic (exact) mass is 441 g/mol. The molecule has 27 heavy (non-hydrogen) atoms. The van der Waals surface area contributed by atoms with Crippen LogP contribution in [0.5, 0.6) is 0 Å². The van der Waals surface area contributed by atoms with Gasteiger partial charge < -0.3 is 5.32 Å². The van der Waals surface area contributed by atoms with Crippen molar-refractivity contribution >= 4 is 69.1 Å². The Kier molecular flexibility index (Phi) is 6.01. The molecule has 0 aliphatic rings. The number of anilines is 1. The molecule has 0 bridgehead atoms. The minimum atomic E-state index is -0.549. The number of hydrogen-bond acceptors (Lipinski definition) is 4. The van der Waals surface area contributed by atoms with Crippen LogP contribution in [0, 0.1) is 0 Å². The number of thioether (sulfide) groups is 1. The quantitative estimate of drug-likeness (QED) is 0.455. The topological polar surface area (TPSA) is 64.0 Å². The van der Waals surface area contributed by atoms with Gasteiger partial charge in [0.25, 0.3) is 5.56 Å². The third kappa shape index (κ3) is 4.24. The number of amides is 1. The minimum Gasteiger partial charge on any atom is -0.323 e. The molecule has 3 rings (SSSR count). The summed E-state index contributed by atoms with van der Waals surface area (Å²) in [5.74, 6) is -0.325. The maximum Gasteiger partial charge on any atom is 0.261 e. The molecule has 1 heterocycles. The lowest BCUT2D eigenvalue weighted by Gasteiger charge is -2.15. The minimum absolute atomic E-state index is 0.167. The number of nitrogens with one attached hydrogen (secondary N) is 1. The van der Waals surface area contributed by atoms with E-state index in [2.05, 4.69) is 10.3 Å². The van der Waals surface area contributed by atoms with Gasteiger partial charge in [-0.3, -0.25) is 14.2 Å². The zero-order valence-corrected chi connectivity index (χ0v) is 17.4. The lowest BCUT2D eigenvalue weighted by molar-refractivity contribution is -0.115. The van der Waals surface area contributed by atoms with Gasteiger partial charge in [-0.15, -0.1) is 0 Å². The van der Waals surface area contributed by atoms with Crippen molar-refractivity contribution in [1.29, 1.82) is 0 Å². The van der Waals surface area contributed by atoms with Crippen molar-refractivity contribution in [3.63, 3.8) is 0 Å². The van der Waals surface area contributed by atoms with Crippen LogP contribution >= 0.6 is 46.6 Å². The predicted octanol–water partition coefficient (Wildman–Crippen LogP) is 5.01. The molecular formula is C18H14Cl3N3O2S. The highest BCUT2D eigenvalue weighted by atomic mass is 35.5. The summed E-state index contributed by atoms with van der Waals surface area (Å²) >= 11 is 19.3. The molecular weight excluding hydrogens is 429 g/mol. The van der Waals surface area contributed by atoms with Crippen LogP contribution in [0.25, 0.3) is 10.9 Å². The highest BCUT2D eigenvalue weighted by molar-refractivity contribution is 8.00. The highest BCUT2D eigenvalue weighted by Crippen LogP contribution is 2.34. The third-order valence-electron chi connectivity index (χ3n) is 3.85. The Morgan fingerprint density at radius 3 is 2.48 bits per heavy atom. The maximum absolute atomic E-state index is 12.6. The number of nitrogens with zero attached hydrogens (tertiary/aromatic N) is 2. The van der Waals surface area contributed by atoms with Crippen molar-refractivity contribution in [2.75, 3.05) is 5.32 Å². The molecule has 3 aromatic rings. The first kappa shape index (κ1) is 20.0. The van der Waals surface area contributed by atoms with Gasteiger partial charge in [-0.25, -0.2) is 4.98 Å². The summed E-state index contributed by atoms with van der Waals surface area (Å²) in [7, 11) is 1.63. The molecule has 1 N–H and O–H groups in total. The standard InChI is InChI=1S/C18H14Cl3N3O2S/c1-9(16(25)23-15-12(20)7-10(19)8-13(15)21)27-18-22-14-6-4-3-5-11(14)17(26)24(18)2/h3-9H,1-2H3,(H,23,25)/t9-/m1/s1. The Bertz CT molecular complexity index is 1080. The summed E-state index contributed by atoms with van der Waals surface area (Å²) in [5, 5.41) is 3.98. The molecule has 1 aromatic heterocycles. The van der Waals surface area contributed by atoms with E-state index >= 15 is 0 Å². The summed E-state index contributed by atoms with van der Waals surface area (Å²) in [5.41, 5.74) is 0.708. The Hall–Kier alpha value is -1.73. The number of carbonyl (C=O) groups is 1. The highest BCUT2D eigenvalue weighted by Gasteiger charge is 2.20. The van der Waals surface area contributed by atoms with E-state index in [9.17, 15) is 9.59 Å². The first-order valence-corrected chi connectivity index (χ1v) is 9.87. The van der Waals surface area contributed by atoms with E-state index < -0.39 is 5.25 Å². The average molecular weight is 443 g/mol. The van der Waals surface area contributed by atoms with Gasteiger partial charge in [0.1, 0.15) is 0 Å². The lowest BCUT2D eigenvalue weighted by atomic mass is 10.2. The van der Waals surface area contributed by atoms with E-state index in [0.717, 1.165) is 0 Å². The number of carbonyl (C=O) groups excluding carboxylic acids is 1. The van der Waals surface area contributed by atoms with Gasteiger partial charge in [0, 0.05) is 12.1 Å². The Morgan fingerprint density at radius 1 is 1.19 bits per heavy atom. The number of fused-ring (bicyclic) bond motifs is 1. The van der Waals surface area contributed by atoms with Crippen molar-refractivity contribution in [3.05, 3.63) is 61.8 Å². The molecule has 1 amide bonds. The van der Waals surface area contributed by atoms with Crippen molar-refractivity contribution in [2.45, 2.75) is 17.3 Å². The van der Waals surface area contributed by atoms with Crippen molar-refractivity contribution in [3.8, 4) is 0 Å². The zero-order valence-electron chi connectivity index (χ0n) is 14.3. The van der Waals surface area contributed by atoms with Crippen LogP contribution in [0.2, 0.25) is 15.1 Å². The van der Waals surface area contributed by atoms with E-state index in [-0.39, 0.29) is 21.5 Å². The van der Waals surface area contributed by atoms with Crippen LogP contribution in [0.1, 0.15) is 6.92 Å². The molecule has 1 atom stereocenters. The number of benzene rings is 2. The first-order chi connectivity index (χ1) is 12.8. The van der Waals surface area contributed by atoms with E-state index in [1.54, 1.807) is 32.2 Å². The molecule has 0 fully saturated rings. The second-order valence-electron chi connectivity index (χ2n) is 5.77. The fourth-order valence-corrected chi connectivity index (χ4v) is 4.19. The Labute approximate surface area is 174 Å². The molecule has 0 unspecified atom stereocenters. The van der Waals surface area contributed by atoms with Crippen LogP contribution in [-0.4, -0.2) is 20.7 Å². The predicted molar refractivity (Wildman–Crippen MR) is 112 cm³/mol. The molecule has 0 aliphatic heterocycles. The summed E-state index contributed by atoms with van der Waals surface area (Å²) in [6, 6.07) is 10.1. The number of hydrogen-bond donors (Lipinski definition) is 1. The zero-order chi connectivity index (χ0) is 19.7. The van der Waals surface area contributed by atoms with Crippen LogP contribution in [0.3, 0.4) is 0 Å². The fraction of sp³-hybridized carbons (Fsp3) is 0.167. The van der Waals surface area contributed by atoms with Crippen LogP contribution in [-0.2, 0) is 11.8 Å². The summed E-state index contributed by atoms with van der Waals surface area (Å²) < 4.78 is 1.43. The molecule has 0 spiro atoms. The average Bonchev–Trinajstić information content (AvgIpc) is 2.62. The molecule has 0 radical (unpaired) electrons. The Balaban J connectivity index is 1.84. The SMILES string of the molecule is C[C@@H](Sc1nc2ccccc2c(=O)n1C)C(=O)Nc1c(Cl)cc(Cl)cc1Cl. The first-order valence-electron chi connectivity index (χ1n) is 7.85. The van der Waals surface area contributed by atoms with Crippen LogP contribution in [0.15, 0.2) is 46.3 Å². The molecule has 0 saturated carbocycles. The number of aromatic nitrogens is 2. The molecule has 2 aromatic carbocycles. The third-order valence-corrected chi connectivity index (χ3v) is 5.81. The lowest BCUT2D eigenvalue weighted by Crippen LogP contribution is -2.25. The van der Waals surface area contributed by atoms with Crippen molar-refractivity contribution < 1.29 is 4.79 Å². The van der Waals surface area contributed by atoms with E-state index in [1.165, 1.54) is 28.5 Å².